The maximum absolute atomic E-state index is 12.1. The Hall–Kier alpha value is -2.28. The lowest BCUT2D eigenvalue weighted by Crippen LogP contribution is -2.27. The van der Waals surface area contributed by atoms with Crippen LogP contribution in [0.4, 0.5) is 0 Å². The molecule has 1 N–H and O–H groups in total. The van der Waals surface area contributed by atoms with Crippen molar-refractivity contribution < 1.29 is 13.2 Å². The molecule has 0 fully saturated rings. The number of nitrogens with one attached hydrogen (secondary N) is 1. The molecule has 2 heterocycles. The van der Waals surface area contributed by atoms with E-state index in [0.717, 1.165) is 0 Å². The van der Waals surface area contributed by atoms with Gasteiger partial charge in [0.2, 0.25) is 0 Å². The van der Waals surface area contributed by atoms with Crippen molar-refractivity contribution in [3.63, 3.8) is 0 Å². The van der Waals surface area contributed by atoms with Crippen molar-refractivity contribution in [1.29, 1.82) is 0 Å². The zero-order valence-corrected chi connectivity index (χ0v) is 13.2. The zero-order valence-electron chi connectivity index (χ0n) is 12.4. The highest BCUT2D eigenvalue weighted by molar-refractivity contribution is 7.91. The van der Waals surface area contributed by atoms with Crippen LogP contribution in [0.5, 0.6) is 0 Å². The van der Waals surface area contributed by atoms with E-state index >= 15 is 0 Å². The fraction of sp³-hybridized carbons (Fsp3) is 0.267. The van der Waals surface area contributed by atoms with Crippen LogP contribution in [0.15, 0.2) is 47.8 Å². The lowest BCUT2D eigenvalue weighted by Gasteiger charge is -2.14. The van der Waals surface area contributed by atoms with E-state index in [1.807, 2.05) is 0 Å². The lowest BCUT2D eigenvalue weighted by molar-refractivity contribution is 0.0939. The molecule has 6 nitrogen and oxygen atoms in total. The summed E-state index contributed by atoms with van der Waals surface area (Å²) < 4.78 is 23.7. The van der Waals surface area contributed by atoms with Gasteiger partial charge in [-0.1, -0.05) is 13.0 Å². The van der Waals surface area contributed by atoms with Crippen LogP contribution < -0.4 is 5.32 Å². The molecule has 1 amide bonds. The summed E-state index contributed by atoms with van der Waals surface area (Å²) in [7, 11) is -3.37. The van der Waals surface area contributed by atoms with Crippen LogP contribution in [0.3, 0.4) is 0 Å². The first-order valence-electron chi connectivity index (χ1n) is 6.84. The van der Waals surface area contributed by atoms with E-state index in [2.05, 4.69) is 15.3 Å². The van der Waals surface area contributed by atoms with E-state index in [9.17, 15) is 13.2 Å². The Kier molecular flexibility index (Phi) is 4.87. The van der Waals surface area contributed by atoms with E-state index in [-0.39, 0.29) is 16.7 Å². The molecule has 1 atom stereocenters. The van der Waals surface area contributed by atoms with E-state index in [1.54, 1.807) is 38.1 Å². The van der Waals surface area contributed by atoms with Crippen molar-refractivity contribution in [2.24, 2.45) is 0 Å². The average Bonchev–Trinajstić information content (AvgIpc) is 2.55. The van der Waals surface area contributed by atoms with Gasteiger partial charge in [-0.2, -0.15) is 0 Å². The number of aromatic nitrogens is 2. The first kappa shape index (κ1) is 16.1. The highest BCUT2D eigenvalue weighted by atomic mass is 32.2. The Balaban J connectivity index is 2.18. The van der Waals surface area contributed by atoms with Crippen LogP contribution in [-0.2, 0) is 9.84 Å². The molecule has 0 saturated heterocycles. The van der Waals surface area contributed by atoms with Gasteiger partial charge < -0.3 is 5.32 Å². The van der Waals surface area contributed by atoms with E-state index in [1.165, 1.54) is 18.5 Å². The van der Waals surface area contributed by atoms with E-state index in [0.29, 0.717) is 11.3 Å². The maximum atomic E-state index is 12.1. The second kappa shape index (κ2) is 6.65. The van der Waals surface area contributed by atoms with Crippen LogP contribution in [-0.4, -0.2) is 30.0 Å². The molecule has 0 aromatic carbocycles. The monoisotopic (exact) mass is 319 g/mol. The van der Waals surface area contributed by atoms with Gasteiger partial charge in [0.05, 0.1) is 17.5 Å². The molecule has 2 aromatic heterocycles. The van der Waals surface area contributed by atoms with Gasteiger partial charge in [0.15, 0.2) is 14.9 Å². The summed E-state index contributed by atoms with van der Waals surface area (Å²) in [6.07, 6.45) is 3.07. The van der Waals surface area contributed by atoms with Crippen molar-refractivity contribution in [3.05, 3.63) is 54.0 Å². The lowest BCUT2D eigenvalue weighted by atomic mass is 10.2. The van der Waals surface area contributed by atoms with Crippen LogP contribution in [0.2, 0.25) is 0 Å². The van der Waals surface area contributed by atoms with Gasteiger partial charge in [-0.3, -0.25) is 9.78 Å². The number of hydrogen-bond acceptors (Lipinski definition) is 5. The predicted octanol–water partition coefficient (Wildman–Crippen LogP) is 1.76. The molecule has 0 radical (unpaired) electrons. The molecule has 0 bridgehead atoms. The Labute approximate surface area is 129 Å². The number of pyridine rings is 2. The Morgan fingerprint density at radius 3 is 2.55 bits per heavy atom. The highest BCUT2D eigenvalue weighted by Crippen LogP contribution is 2.14. The van der Waals surface area contributed by atoms with E-state index in [4.69, 9.17) is 0 Å². The van der Waals surface area contributed by atoms with Crippen molar-refractivity contribution in [3.8, 4) is 0 Å². The molecular formula is C15H17N3O3S. The number of carbonyl (C=O) groups is 1. The molecular weight excluding hydrogens is 302 g/mol. The summed E-state index contributed by atoms with van der Waals surface area (Å²) in [5.74, 6) is -0.276. The number of sulfone groups is 1. The van der Waals surface area contributed by atoms with Crippen LogP contribution in [0.1, 0.15) is 35.9 Å². The van der Waals surface area contributed by atoms with Gasteiger partial charge in [0.25, 0.3) is 5.91 Å². The number of nitrogens with zero attached hydrogens (tertiary/aromatic N) is 2. The molecule has 0 aliphatic heterocycles. The second-order valence-electron chi connectivity index (χ2n) is 4.74. The van der Waals surface area contributed by atoms with Crippen LogP contribution in [0.25, 0.3) is 0 Å². The quantitative estimate of drug-likeness (QED) is 0.907. The number of amides is 1. The third kappa shape index (κ3) is 3.67. The van der Waals surface area contributed by atoms with Gasteiger partial charge in [-0.05, 0) is 31.2 Å². The number of carbonyl (C=O) groups excluding carboxylic acids is 1. The molecule has 0 unspecified atom stereocenters. The third-order valence-corrected chi connectivity index (χ3v) is 4.80. The van der Waals surface area contributed by atoms with E-state index < -0.39 is 15.9 Å². The number of rotatable bonds is 5. The Bertz CT molecular complexity index is 761. The van der Waals surface area contributed by atoms with Crippen LogP contribution in [0, 0.1) is 0 Å². The molecule has 0 aliphatic carbocycles. The largest absolute Gasteiger partial charge is 0.344 e. The molecule has 0 spiro atoms. The third-order valence-electron chi connectivity index (χ3n) is 3.18. The predicted molar refractivity (Wildman–Crippen MR) is 82.1 cm³/mol. The zero-order chi connectivity index (χ0) is 16.2. The highest BCUT2D eigenvalue weighted by Gasteiger charge is 2.17. The van der Waals surface area contributed by atoms with Crippen molar-refractivity contribution in [2.45, 2.75) is 24.9 Å². The van der Waals surface area contributed by atoms with Gasteiger partial charge in [-0.25, -0.2) is 13.4 Å². The molecule has 22 heavy (non-hydrogen) atoms. The van der Waals surface area contributed by atoms with Gasteiger partial charge in [0.1, 0.15) is 0 Å². The second-order valence-corrected chi connectivity index (χ2v) is 6.96. The van der Waals surface area contributed by atoms with Gasteiger partial charge >= 0.3 is 0 Å². The molecule has 2 aromatic rings. The SMILES string of the molecule is CCS(=O)(=O)c1cccc([C@H](C)NC(=O)c2ccncc2)n1. The minimum atomic E-state index is -3.37. The first-order valence-corrected chi connectivity index (χ1v) is 8.50. The standard InChI is InChI=1S/C15H17N3O3S/c1-3-22(20,21)14-6-4-5-13(18-14)11(2)17-15(19)12-7-9-16-10-8-12/h4-11H,3H2,1-2H3,(H,17,19)/t11-/m0/s1. The van der Waals surface area contributed by atoms with Gasteiger partial charge in [0, 0.05) is 18.0 Å². The van der Waals surface area contributed by atoms with Crippen molar-refractivity contribution in [2.75, 3.05) is 5.75 Å². The minimum absolute atomic E-state index is 0.0127. The summed E-state index contributed by atoms with van der Waals surface area (Å²) in [5, 5.41) is 2.81. The molecule has 116 valence electrons. The molecule has 2 rings (SSSR count). The first-order chi connectivity index (χ1) is 10.4. The summed E-state index contributed by atoms with van der Waals surface area (Å²) in [4.78, 5) is 20.1. The topological polar surface area (TPSA) is 89.0 Å². The van der Waals surface area contributed by atoms with Gasteiger partial charge in [-0.15, -0.1) is 0 Å². The maximum Gasteiger partial charge on any atom is 0.251 e. The Morgan fingerprint density at radius 2 is 1.91 bits per heavy atom. The summed E-state index contributed by atoms with van der Waals surface area (Å²) in [5.41, 5.74) is 0.983. The normalized spacial score (nSPS) is 12.6. The van der Waals surface area contributed by atoms with Crippen LogP contribution >= 0.6 is 0 Å². The van der Waals surface area contributed by atoms with Crippen molar-refractivity contribution in [1.82, 2.24) is 15.3 Å². The Morgan fingerprint density at radius 1 is 1.23 bits per heavy atom. The number of hydrogen-bond donors (Lipinski definition) is 1. The summed E-state index contributed by atoms with van der Waals surface area (Å²) in [6.45, 7) is 3.32. The fourth-order valence-electron chi connectivity index (χ4n) is 1.85. The molecule has 0 aliphatic rings. The molecule has 0 saturated carbocycles. The molecule has 7 heteroatoms. The van der Waals surface area contributed by atoms with Crippen molar-refractivity contribution >= 4 is 15.7 Å². The fourth-order valence-corrected chi connectivity index (χ4v) is 2.68. The summed E-state index contributed by atoms with van der Waals surface area (Å²) in [6, 6.07) is 7.57. The minimum Gasteiger partial charge on any atom is -0.344 e. The summed E-state index contributed by atoms with van der Waals surface area (Å²) >= 11 is 0. The average molecular weight is 319 g/mol. The smallest absolute Gasteiger partial charge is 0.251 e.